The van der Waals surface area contributed by atoms with Crippen molar-refractivity contribution in [1.29, 1.82) is 10.5 Å². The van der Waals surface area contributed by atoms with Crippen LogP contribution in [0.25, 0.3) is 5.57 Å². The summed E-state index contributed by atoms with van der Waals surface area (Å²) < 4.78 is 10.5. The van der Waals surface area contributed by atoms with E-state index in [4.69, 9.17) is 9.47 Å². The van der Waals surface area contributed by atoms with E-state index in [0.717, 1.165) is 11.1 Å². The van der Waals surface area contributed by atoms with E-state index < -0.39 is 17.3 Å². The molecule has 2 aromatic rings. The van der Waals surface area contributed by atoms with E-state index in [9.17, 15) is 15.3 Å². The first-order chi connectivity index (χ1) is 14.1. The van der Waals surface area contributed by atoms with Crippen LogP contribution in [-0.4, -0.2) is 19.7 Å². The molecule has 0 aromatic heterocycles. The average molecular weight is 386 g/mol. The molecule has 0 N–H and O–H groups in total. The number of hydrogen-bond donors (Lipinski definition) is 0. The van der Waals surface area contributed by atoms with Gasteiger partial charge < -0.3 is 9.47 Å². The normalized spacial score (nSPS) is 19.9. The Kier molecular flexibility index (Phi) is 6.00. The molecule has 0 aliphatic heterocycles. The van der Waals surface area contributed by atoms with E-state index in [2.05, 4.69) is 12.1 Å². The first-order valence-electron chi connectivity index (χ1n) is 9.49. The van der Waals surface area contributed by atoms with Crippen LogP contribution in [0.1, 0.15) is 30.4 Å². The van der Waals surface area contributed by atoms with Crippen LogP contribution < -0.4 is 4.74 Å². The van der Waals surface area contributed by atoms with Gasteiger partial charge in [-0.2, -0.15) is 10.5 Å². The minimum Gasteiger partial charge on any atom is -0.497 e. The van der Waals surface area contributed by atoms with Crippen molar-refractivity contribution < 1.29 is 14.3 Å². The van der Waals surface area contributed by atoms with Gasteiger partial charge in [-0.25, -0.2) is 0 Å². The third-order valence-electron chi connectivity index (χ3n) is 5.32. The monoisotopic (exact) mass is 386 g/mol. The van der Waals surface area contributed by atoms with Crippen LogP contribution in [0.2, 0.25) is 0 Å². The van der Waals surface area contributed by atoms with Gasteiger partial charge in [-0.05, 0) is 42.2 Å². The molecule has 0 heterocycles. The van der Waals surface area contributed by atoms with Crippen molar-refractivity contribution >= 4 is 11.5 Å². The molecule has 146 valence electrons. The smallest absolute Gasteiger partial charge is 0.309 e. The summed E-state index contributed by atoms with van der Waals surface area (Å²) in [6.07, 6.45) is 1.96. The van der Waals surface area contributed by atoms with Crippen LogP contribution in [-0.2, 0) is 9.53 Å². The molecule has 5 nitrogen and oxygen atoms in total. The molecule has 2 atom stereocenters. The molecule has 2 aromatic carbocycles. The molecule has 5 heteroatoms. The summed E-state index contributed by atoms with van der Waals surface area (Å²) in [5.74, 6) is -0.625. The van der Waals surface area contributed by atoms with E-state index in [1.54, 1.807) is 14.0 Å². The summed E-state index contributed by atoms with van der Waals surface area (Å²) in [5.41, 5.74) is 0.921. The highest BCUT2D eigenvalue weighted by atomic mass is 16.5. The lowest BCUT2D eigenvalue weighted by Gasteiger charge is -2.36. The highest BCUT2D eigenvalue weighted by Crippen LogP contribution is 2.50. The van der Waals surface area contributed by atoms with Gasteiger partial charge in [0.2, 0.25) is 0 Å². The van der Waals surface area contributed by atoms with Crippen LogP contribution in [0.4, 0.5) is 0 Å². The van der Waals surface area contributed by atoms with Gasteiger partial charge in [0.15, 0.2) is 5.41 Å². The Morgan fingerprint density at radius 2 is 1.76 bits per heavy atom. The lowest BCUT2D eigenvalue weighted by Crippen LogP contribution is -2.35. The van der Waals surface area contributed by atoms with Crippen LogP contribution in [0, 0.1) is 34.0 Å². The fourth-order valence-electron chi connectivity index (χ4n) is 3.84. The minimum absolute atomic E-state index is 0.0796. The SMILES string of the molecule is CCOC(=O)C1CC(C#N)(C#N)C(c2ccccc2)=CC1c1ccc(OC)cc1. The summed E-state index contributed by atoms with van der Waals surface area (Å²) in [7, 11) is 1.60. The van der Waals surface area contributed by atoms with Gasteiger partial charge in [0.05, 0.1) is 31.8 Å². The molecule has 0 spiro atoms. The number of benzene rings is 2. The van der Waals surface area contributed by atoms with Crippen molar-refractivity contribution in [3.05, 3.63) is 71.8 Å². The molecule has 29 heavy (non-hydrogen) atoms. The Bertz CT molecular complexity index is 968. The molecule has 0 amide bonds. The molecule has 0 bridgehead atoms. The van der Waals surface area contributed by atoms with Gasteiger partial charge in [-0.15, -0.1) is 0 Å². The molecule has 0 fully saturated rings. The van der Waals surface area contributed by atoms with E-state index in [0.29, 0.717) is 11.3 Å². The number of rotatable bonds is 5. The number of esters is 1. The lowest BCUT2D eigenvalue weighted by atomic mass is 9.63. The third-order valence-corrected chi connectivity index (χ3v) is 5.32. The minimum atomic E-state index is -1.41. The Morgan fingerprint density at radius 3 is 2.31 bits per heavy atom. The molecule has 2 unspecified atom stereocenters. The average Bonchev–Trinajstić information content (AvgIpc) is 2.79. The largest absolute Gasteiger partial charge is 0.497 e. The Hall–Kier alpha value is -3.57. The quantitative estimate of drug-likeness (QED) is 0.708. The van der Waals surface area contributed by atoms with Gasteiger partial charge in [0, 0.05) is 5.92 Å². The van der Waals surface area contributed by atoms with Crippen molar-refractivity contribution in [2.75, 3.05) is 13.7 Å². The van der Waals surface area contributed by atoms with Crippen molar-refractivity contribution in [2.45, 2.75) is 19.3 Å². The Balaban J connectivity index is 2.18. The molecular weight excluding hydrogens is 364 g/mol. The number of nitriles is 2. The zero-order valence-corrected chi connectivity index (χ0v) is 16.5. The summed E-state index contributed by atoms with van der Waals surface area (Å²) in [4.78, 5) is 12.8. The maximum Gasteiger partial charge on any atom is 0.309 e. The zero-order valence-electron chi connectivity index (χ0n) is 16.5. The third kappa shape index (κ3) is 3.86. The van der Waals surface area contributed by atoms with Gasteiger partial charge in [0.25, 0.3) is 0 Å². The second-order valence-corrected chi connectivity index (χ2v) is 6.94. The second-order valence-electron chi connectivity index (χ2n) is 6.94. The van der Waals surface area contributed by atoms with Crippen molar-refractivity contribution in [3.63, 3.8) is 0 Å². The summed E-state index contributed by atoms with van der Waals surface area (Å²) >= 11 is 0. The molecule has 0 radical (unpaired) electrons. The highest BCUT2D eigenvalue weighted by Gasteiger charge is 2.47. The maximum atomic E-state index is 12.8. The number of methoxy groups -OCH3 is 1. The summed E-state index contributed by atoms with van der Waals surface area (Å²) in [6.45, 7) is 1.99. The van der Waals surface area contributed by atoms with Gasteiger partial charge >= 0.3 is 5.97 Å². The zero-order chi connectivity index (χ0) is 20.9. The fraction of sp³-hybridized carbons (Fsp3) is 0.292. The Morgan fingerprint density at radius 1 is 1.10 bits per heavy atom. The van der Waals surface area contributed by atoms with Gasteiger partial charge in [-0.1, -0.05) is 48.5 Å². The molecule has 0 saturated carbocycles. The molecule has 3 rings (SSSR count). The predicted molar refractivity (Wildman–Crippen MR) is 109 cm³/mol. The van der Waals surface area contributed by atoms with Crippen molar-refractivity contribution in [3.8, 4) is 17.9 Å². The summed E-state index contributed by atoms with van der Waals surface area (Å²) in [5, 5.41) is 19.9. The number of nitrogens with zero attached hydrogens (tertiary/aromatic N) is 2. The van der Waals surface area contributed by atoms with Crippen molar-refractivity contribution in [1.82, 2.24) is 0 Å². The van der Waals surface area contributed by atoms with E-state index in [1.807, 2.05) is 60.7 Å². The fourth-order valence-corrected chi connectivity index (χ4v) is 3.84. The van der Waals surface area contributed by atoms with Crippen molar-refractivity contribution in [2.24, 2.45) is 11.3 Å². The number of allylic oxidation sites excluding steroid dienone is 2. The number of ether oxygens (including phenoxy) is 2. The van der Waals surface area contributed by atoms with Gasteiger partial charge in [0.1, 0.15) is 5.75 Å². The van der Waals surface area contributed by atoms with Crippen LogP contribution in [0.15, 0.2) is 60.7 Å². The number of carbonyl (C=O) groups is 1. The van der Waals surface area contributed by atoms with Crippen LogP contribution >= 0.6 is 0 Å². The molecule has 1 aliphatic rings. The Labute approximate surface area is 170 Å². The first kappa shape index (κ1) is 20.2. The highest BCUT2D eigenvalue weighted by molar-refractivity contribution is 5.83. The van der Waals surface area contributed by atoms with Crippen LogP contribution in [0.5, 0.6) is 5.75 Å². The topological polar surface area (TPSA) is 83.1 Å². The molecular formula is C24H22N2O3. The number of hydrogen-bond acceptors (Lipinski definition) is 5. The molecule has 1 aliphatic carbocycles. The lowest BCUT2D eigenvalue weighted by molar-refractivity contribution is -0.149. The van der Waals surface area contributed by atoms with E-state index in [1.165, 1.54) is 0 Å². The maximum absolute atomic E-state index is 12.8. The second kappa shape index (κ2) is 8.63. The standard InChI is InChI=1S/C24H22N2O3/c1-3-29-23(27)21-14-24(15-25,16-26)22(18-7-5-4-6-8-18)13-20(21)17-9-11-19(28-2)12-10-17/h4-13,20-21H,3,14H2,1-2H3. The number of carbonyl (C=O) groups excluding carboxylic acids is 1. The predicted octanol–water partition coefficient (Wildman–Crippen LogP) is 4.48. The molecule has 0 saturated heterocycles. The van der Waals surface area contributed by atoms with E-state index >= 15 is 0 Å². The van der Waals surface area contributed by atoms with E-state index in [-0.39, 0.29) is 18.9 Å². The summed E-state index contributed by atoms with van der Waals surface area (Å²) in [6, 6.07) is 21.2. The van der Waals surface area contributed by atoms with Crippen LogP contribution in [0.3, 0.4) is 0 Å². The van der Waals surface area contributed by atoms with Gasteiger partial charge in [-0.3, -0.25) is 4.79 Å². The first-order valence-corrected chi connectivity index (χ1v) is 9.49.